The normalized spacial score (nSPS) is 15.0. The fraction of sp³-hybridized carbons (Fsp3) is 0.500. The van der Waals surface area contributed by atoms with E-state index in [4.69, 9.17) is 10.5 Å². The van der Waals surface area contributed by atoms with Gasteiger partial charge in [-0.15, -0.1) is 0 Å². The van der Waals surface area contributed by atoms with E-state index in [1.54, 1.807) is 12.3 Å². The van der Waals surface area contributed by atoms with Crippen molar-refractivity contribution in [3.05, 3.63) is 48.5 Å². The van der Waals surface area contributed by atoms with Gasteiger partial charge in [-0.1, -0.05) is 19.3 Å². The van der Waals surface area contributed by atoms with Crippen molar-refractivity contribution in [2.45, 2.75) is 65.2 Å². The van der Waals surface area contributed by atoms with E-state index in [-0.39, 0.29) is 5.75 Å². The van der Waals surface area contributed by atoms with Gasteiger partial charge >= 0.3 is 0 Å². The van der Waals surface area contributed by atoms with Crippen LogP contribution in [0.3, 0.4) is 0 Å². The second kappa shape index (κ2) is 9.47. The number of hydrogen-bond acceptors (Lipinski definition) is 3. The molecule has 2 aromatic heterocycles. The zero-order valence-electron chi connectivity index (χ0n) is 18.0. The molecule has 4 rings (SSSR count). The summed E-state index contributed by atoms with van der Waals surface area (Å²) in [4.78, 5) is 0. The first-order valence-corrected chi connectivity index (χ1v) is 11.3. The average molecular weight is 411 g/mol. The fourth-order valence-electron chi connectivity index (χ4n) is 4.78. The Hall–Kier alpha value is -2.60. The van der Waals surface area contributed by atoms with Crippen LogP contribution < -0.4 is 19.6 Å². The van der Waals surface area contributed by atoms with Crippen LogP contribution in [0.4, 0.5) is 0 Å². The number of benzene rings is 1. The molecule has 1 fully saturated rings. The lowest BCUT2D eigenvalue weighted by molar-refractivity contribution is -0.697. The van der Waals surface area contributed by atoms with Gasteiger partial charge in [0.2, 0.25) is 6.20 Å². The third-order valence-corrected chi connectivity index (χ3v) is 6.28. The largest absolute Gasteiger partial charge is 0.503 e. The molecule has 6 heteroatoms. The number of nitrogens with zero attached hydrogens (tertiary/aromatic N) is 3. The number of aryl methyl sites for hydroxylation is 1. The molecule has 6 nitrogen and oxygen atoms in total. The molecular weight excluding hydrogens is 376 g/mol. The Morgan fingerprint density at radius 1 is 1.20 bits per heavy atom. The molecule has 0 aliphatic heterocycles. The van der Waals surface area contributed by atoms with Crippen LogP contribution >= 0.6 is 0 Å². The quantitative estimate of drug-likeness (QED) is 0.561. The van der Waals surface area contributed by atoms with Gasteiger partial charge in [-0.05, 0) is 43.9 Å². The number of imidazole rings is 1. The smallest absolute Gasteiger partial charge is 0.271 e. The van der Waals surface area contributed by atoms with Crippen molar-refractivity contribution in [2.24, 2.45) is 11.7 Å². The number of rotatable bonds is 8. The summed E-state index contributed by atoms with van der Waals surface area (Å²) in [5.41, 5.74) is 8.63. The fourth-order valence-corrected chi connectivity index (χ4v) is 4.78. The molecule has 1 aliphatic carbocycles. The Morgan fingerprint density at radius 3 is 2.77 bits per heavy atom. The van der Waals surface area contributed by atoms with Gasteiger partial charge in [-0.2, -0.15) is 4.57 Å². The minimum atomic E-state index is 0.262. The average Bonchev–Trinajstić information content (AvgIpc) is 3.06. The van der Waals surface area contributed by atoms with E-state index in [1.165, 1.54) is 49.0 Å². The van der Waals surface area contributed by atoms with Crippen LogP contribution in [0.5, 0.6) is 11.5 Å². The predicted octanol–water partition coefficient (Wildman–Crippen LogP) is 3.06. The van der Waals surface area contributed by atoms with Crippen molar-refractivity contribution in [2.75, 3.05) is 6.61 Å². The maximum Gasteiger partial charge on any atom is 0.271 e. The zero-order chi connectivity index (χ0) is 20.9. The lowest BCUT2D eigenvalue weighted by Gasteiger charge is -2.20. The summed E-state index contributed by atoms with van der Waals surface area (Å²) >= 11 is 0. The highest BCUT2D eigenvalue weighted by atomic mass is 16.5. The molecule has 0 atom stereocenters. The van der Waals surface area contributed by atoms with Crippen molar-refractivity contribution >= 4 is 11.0 Å². The summed E-state index contributed by atoms with van der Waals surface area (Å²) in [5, 5.41) is 9.61. The van der Waals surface area contributed by atoms with Crippen LogP contribution in [0, 0.1) is 5.92 Å². The molecule has 0 saturated heterocycles. The third-order valence-electron chi connectivity index (χ3n) is 6.28. The monoisotopic (exact) mass is 410 g/mol. The maximum atomic E-state index is 9.61. The first-order chi connectivity index (χ1) is 14.7. The molecule has 3 N–H and O–H groups in total. The summed E-state index contributed by atoms with van der Waals surface area (Å²) in [6.45, 7) is 5.90. The Morgan fingerprint density at radius 2 is 2.03 bits per heavy atom. The van der Waals surface area contributed by atoms with E-state index < -0.39 is 0 Å². The van der Waals surface area contributed by atoms with E-state index in [2.05, 4.69) is 28.2 Å². The lowest BCUT2D eigenvalue weighted by Crippen LogP contribution is -2.38. The number of aromatic hydroxyl groups is 1. The van der Waals surface area contributed by atoms with Crippen LogP contribution in [0.1, 0.15) is 44.9 Å². The number of ether oxygens (including phenoxy) is 1. The second-order valence-electron chi connectivity index (χ2n) is 8.28. The van der Waals surface area contributed by atoms with Crippen molar-refractivity contribution in [1.82, 2.24) is 4.57 Å². The lowest BCUT2D eigenvalue weighted by atomic mass is 9.89. The number of hydrogen-bond donors (Lipinski definition) is 2. The minimum Gasteiger partial charge on any atom is -0.503 e. The molecule has 0 radical (unpaired) electrons. The SMILES string of the molecule is CC[n+]1c(CN)n(CC2CCCCC2)c2cc(OCC[n+]3cccc(O)c3)ccc21. The minimum absolute atomic E-state index is 0.262. The van der Waals surface area contributed by atoms with E-state index in [1.807, 2.05) is 22.9 Å². The summed E-state index contributed by atoms with van der Waals surface area (Å²) in [5.74, 6) is 3.07. The van der Waals surface area contributed by atoms with Gasteiger partial charge in [0.25, 0.3) is 5.82 Å². The zero-order valence-corrected chi connectivity index (χ0v) is 18.0. The van der Waals surface area contributed by atoms with Crippen molar-refractivity contribution in [3.63, 3.8) is 0 Å². The Bertz CT molecular complexity index is 992. The van der Waals surface area contributed by atoms with E-state index in [0.717, 1.165) is 24.8 Å². The van der Waals surface area contributed by atoms with Crippen LogP contribution in [-0.4, -0.2) is 16.3 Å². The molecule has 160 valence electrons. The van der Waals surface area contributed by atoms with Gasteiger partial charge in [0.05, 0.1) is 19.6 Å². The van der Waals surface area contributed by atoms with Crippen LogP contribution in [-0.2, 0) is 26.2 Å². The highest BCUT2D eigenvalue weighted by molar-refractivity contribution is 5.74. The summed E-state index contributed by atoms with van der Waals surface area (Å²) in [6, 6.07) is 9.87. The topological polar surface area (TPSA) is 68.2 Å². The molecule has 0 unspecified atom stereocenters. The Labute approximate surface area is 178 Å². The van der Waals surface area contributed by atoms with E-state index in [0.29, 0.717) is 19.7 Å². The number of pyridine rings is 1. The highest BCUT2D eigenvalue weighted by Gasteiger charge is 2.26. The van der Waals surface area contributed by atoms with Crippen LogP contribution in [0.25, 0.3) is 11.0 Å². The molecule has 1 aromatic carbocycles. The molecule has 3 aromatic rings. The van der Waals surface area contributed by atoms with E-state index >= 15 is 0 Å². The molecule has 0 amide bonds. The predicted molar refractivity (Wildman–Crippen MR) is 116 cm³/mol. The highest BCUT2D eigenvalue weighted by Crippen LogP contribution is 2.28. The molecule has 2 heterocycles. The van der Waals surface area contributed by atoms with Gasteiger partial charge < -0.3 is 15.6 Å². The van der Waals surface area contributed by atoms with E-state index in [9.17, 15) is 5.11 Å². The van der Waals surface area contributed by atoms with Gasteiger partial charge in [0.1, 0.15) is 12.4 Å². The van der Waals surface area contributed by atoms with Crippen molar-refractivity contribution in [1.29, 1.82) is 0 Å². The van der Waals surface area contributed by atoms with Gasteiger partial charge in [-0.25, -0.2) is 9.13 Å². The number of fused-ring (bicyclic) bond motifs is 1. The first kappa shape index (κ1) is 20.7. The molecule has 0 bridgehead atoms. The van der Waals surface area contributed by atoms with Crippen molar-refractivity contribution < 1.29 is 19.0 Å². The Kier molecular flexibility index (Phi) is 6.53. The van der Waals surface area contributed by atoms with Gasteiger partial charge in [0.15, 0.2) is 29.5 Å². The number of aromatic nitrogens is 3. The standard InChI is InChI=1S/C24H33N4O2/c1-2-27-22-11-10-21(30-14-13-26-12-6-9-20(29)18-26)15-23(22)28(24(27)16-25)17-19-7-4-3-5-8-19/h6,9-12,15,18-19H,2-5,7-8,13-14,16-17,25H2,1H3/q+1/p+1. The summed E-state index contributed by atoms with van der Waals surface area (Å²) in [6.07, 6.45) is 10.3. The second-order valence-corrected chi connectivity index (χ2v) is 8.28. The summed E-state index contributed by atoms with van der Waals surface area (Å²) < 4.78 is 12.8. The van der Waals surface area contributed by atoms with Gasteiger partial charge in [-0.3, -0.25) is 0 Å². The molecular formula is C24H34N4O2+2. The molecule has 0 spiro atoms. The Balaban J connectivity index is 1.57. The molecule has 30 heavy (non-hydrogen) atoms. The van der Waals surface area contributed by atoms with Crippen LogP contribution in [0.15, 0.2) is 42.7 Å². The first-order valence-electron chi connectivity index (χ1n) is 11.3. The van der Waals surface area contributed by atoms with Crippen LogP contribution in [0.2, 0.25) is 0 Å². The maximum absolute atomic E-state index is 9.61. The third kappa shape index (κ3) is 4.43. The van der Waals surface area contributed by atoms with Crippen molar-refractivity contribution in [3.8, 4) is 11.5 Å². The number of nitrogens with two attached hydrogens (primary N) is 1. The molecule has 1 aliphatic rings. The molecule has 1 saturated carbocycles. The summed E-state index contributed by atoms with van der Waals surface area (Å²) in [7, 11) is 0. The van der Waals surface area contributed by atoms with Gasteiger partial charge in [0, 0.05) is 12.1 Å².